The summed E-state index contributed by atoms with van der Waals surface area (Å²) < 4.78 is 0. The van der Waals surface area contributed by atoms with Crippen molar-refractivity contribution in [1.29, 1.82) is 0 Å². The van der Waals surface area contributed by atoms with Crippen molar-refractivity contribution in [3.05, 3.63) is 0 Å². The van der Waals surface area contributed by atoms with Crippen molar-refractivity contribution < 1.29 is 19.5 Å². The van der Waals surface area contributed by atoms with Gasteiger partial charge in [0.25, 0.3) is 0 Å². The second kappa shape index (κ2) is 7.58. The SMILES string of the molecule is CC(C)[C@H](N)C(=O)N[C@H](C(=O)N1CCC[C@H]1C(=O)O)C(C)C. The molecule has 0 aromatic heterocycles. The van der Waals surface area contributed by atoms with E-state index in [0.29, 0.717) is 19.4 Å². The Morgan fingerprint density at radius 3 is 2.23 bits per heavy atom. The van der Waals surface area contributed by atoms with Crippen LogP contribution in [0.25, 0.3) is 0 Å². The summed E-state index contributed by atoms with van der Waals surface area (Å²) in [6.45, 7) is 7.70. The lowest BCUT2D eigenvalue weighted by molar-refractivity contribution is -0.150. The fraction of sp³-hybridized carbons (Fsp3) is 0.800. The molecule has 0 saturated carbocycles. The van der Waals surface area contributed by atoms with Crippen molar-refractivity contribution in [3.8, 4) is 0 Å². The van der Waals surface area contributed by atoms with E-state index in [0.717, 1.165) is 0 Å². The monoisotopic (exact) mass is 313 g/mol. The lowest BCUT2D eigenvalue weighted by Gasteiger charge is -2.30. The number of aliphatic carboxylic acids is 1. The smallest absolute Gasteiger partial charge is 0.326 e. The van der Waals surface area contributed by atoms with E-state index in [-0.39, 0.29) is 23.7 Å². The zero-order valence-electron chi connectivity index (χ0n) is 13.7. The zero-order chi connectivity index (χ0) is 17.0. The van der Waals surface area contributed by atoms with Crippen molar-refractivity contribution in [2.24, 2.45) is 17.6 Å². The van der Waals surface area contributed by atoms with Crippen LogP contribution in [-0.4, -0.2) is 52.5 Å². The lowest BCUT2D eigenvalue weighted by atomic mass is 9.99. The Morgan fingerprint density at radius 2 is 1.77 bits per heavy atom. The van der Waals surface area contributed by atoms with Crippen LogP contribution in [-0.2, 0) is 14.4 Å². The molecule has 0 aromatic carbocycles. The Labute approximate surface area is 131 Å². The molecule has 2 amide bonds. The Morgan fingerprint density at radius 1 is 1.18 bits per heavy atom. The van der Waals surface area contributed by atoms with E-state index in [1.807, 2.05) is 27.7 Å². The van der Waals surface area contributed by atoms with Gasteiger partial charge in [-0.3, -0.25) is 9.59 Å². The molecule has 3 atom stereocenters. The minimum absolute atomic E-state index is 0.0403. The second-order valence-corrected chi connectivity index (χ2v) is 6.53. The van der Waals surface area contributed by atoms with Crippen molar-refractivity contribution in [2.45, 2.75) is 58.7 Å². The molecule has 0 unspecified atom stereocenters. The van der Waals surface area contributed by atoms with Crippen molar-refractivity contribution >= 4 is 17.8 Å². The minimum atomic E-state index is -1.00. The molecule has 126 valence electrons. The predicted octanol–water partition coefficient (Wildman–Crippen LogP) is 0.186. The van der Waals surface area contributed by atoms with Gasteiger partial charge >= 0.3 is 5.97 Å². The van der Waals surface area contributed by atoms with Gasteiger partial charge < -0.3 is 21.1 Å². The van der Waals surface area contributed by atoms with Crippen LogP contribution in [0.2, 0.25) is 0 Å². The fourth-order valence-corrected chi connectivity index (χ4v) is 2.53. The number of nitrogens with one attached hydrogen (secondary N) is 1. The number of amides is 2. The molecule has 0 radical (unpaired) electrons. The van der Waals surface area contributed by atoms with E-state index < -0.39 is 24.1 Å². The van der Waals surface area contributed by atoms with Gasteiger partial charge in [-0.1, -0.05) is 27.7 Å². The van der Waals surface area contributed by atoms with Gasteiger partial charge in [-0.05, 0) is 24.7 Å². The Kier molecular flexibility index (Phi) is 6.34. The van der Waals surface area contributed by atoms with Crippen molar-refractivity contribution in [2.75, 3.05) is 6.54 Å². The molecule has 1 aliphatic rings. The van der Waals surface area contributed by atoms with Crippen molar-refractivity contribution in [3.63, 3.8) is 0 Å². The zero-order valence-corrected chi connectivity index (χ0v) is 13.7. The van der Waals surface area contributed by atoms with Crippen LogP contribution in [0, 0.1) is 11.8 Å². The van der Waals surface area contributed by atoms with Crippen LogP contribution < -0.4 is 11.1 Å². The molecule has 7 heteroatoms. The lowest BCUT2D eigenvalue weighted by Crippen LogP contribution is -2.57. The summed E-state index contributed by atoms with van der Waals surface area (Å²) in [5.74, 6) is -1.91. The van der Waals surface area contributed by atoms with E-state index in [9.17, 15) is 19.5 Å². The predicted molar refractivity (Wildman–Crippen MR) is 82.0 cm³/mol. The average Bonchev–Trinajstić information content (AvgIpc) is 2.91. The standard InChI is InChI=1S/C15H27N3O4/c1-8(2)11(16)13(19)17-12(9(3)4)14(20)18-7-5-6-10(18)15(21)22/h8-12H,5-7,16H2,1-4H3,(H,17,19)(H,21,22)/t10-,11-,12-/m0/s1. The first kappa shape index (κ1) is 18.4. The number of carboxylic acid groups (broad SMARTS) is 1. The first-order valence-electron chi connectivity index (χ1n) is 7.76. The van der Waals surface area contributed by atoms with Crippen molar-refractivity contribution in [1.82, 2.24) is 10.2 Å². The van der Waals surface area contributed by atoms with Gasteiger partial charge in [0, 0.05) is 6.54 Å². The molecule has 1 saturated heterocycles. The fourth-order valence-electron chi connectivity index (χ4n) is 2.53. The third kappa shape index (κ3) is 4.19. The molecule has 0 spiro atoms. The minimum Gasteiger partial charge on any atom is -0.480 e. The van der Waals surface area contributed by atoms with Crippen LogP contribution in [0.1, 0.15) is 40.5 Å². The first-order valence-corrected chi connectivity index (χ1v) is 7.76. The van der Waals surface area contributed by atoms with Crippen LogP contribution in [0.3, 0.4) is 0 Å². The quantitative estimate of drug-likeness (QED) is 0.648. The van der Waals surface area contributed by atoms with E-state index >= 15 is 0 Å². The van der Waals surface area contributed by atoms with Gasteiger partial charge in [-0.2, -0.15) is 0 Å². The molecular weight excluding hydrogens is 286 g/mol. The summed E-state index contributed by atoms with van der Waals surface area (Å²) >= 11 is 0. The maximum Gasteiger partial charge on any atom is 0.326 e. The third-order valence-electron chi connectivity index (χ3n) is 4.07. The van der Waals surface area contributed by atoms with E-state index in [1.165, 1.54) is 4.90 Å². The van der Waals surface area contributed by atoms with E-state index in [2.05, 4.69) is 5.32 Å². The van der Waals surface area contributed by atoms with Gasteiger partial charge in [-0.25, -0.2) is 4.79 Å². The normalized spacial score (nSPS) is 21.0. The van der Waals surface area contributed by atoms with Crippen LogP contribution in [0.5, 0.6) is 0 Å². The van der Waals surface area contributed by atoms with Crippen LogP contribution >= 0.6 is 0 Å². The summed E-state index contributed by atoms with van der Waals surface area (Å²) in [5, 5.41) is 11.9. The molecule has 1 aliphatic heterocycles. The molecular formula is C15H27N3O4. The van der Waals surface area contributed by atoms with E-state index in [4.69, 9.17) is 5.73 Å². The summed E-state index contributed by atoms with van der Waals surface area (Å²) in [4.78, 5) is 37.3. The molecule has 0 bridgehead atoms. The number of hydrogen-bond donors (Lipinski definition) is 3. The van der Waals surface area contributed by atoms with Gasteiger partial charge in [0.05, 0.1) is 6.04 Å². The average molecular weight is 313 g/mol. The molecule has 1 heterocycles. The third-order valence-corrected chi connectivity index (χ3v) is 4.07. The molecule has 1 fully saturated rings. The van der Waals surface area contributed by atoms with Gasteiger partial charge in [-0.15, -0.1) is 0 Å². The molecule has 7 nitrogen and oxygen atoms in total. The molecule has 22 heavy (non-hydrogen) atoms. The second-order valence-electron chi connectivity index (χ2n) is 6.53. The van der Waals surface area contributed by atoms with Crippen LogP contribution in [0.4, 0.5) is 0 Å². The van der Waals surface area contributed by atoms with Gasteiger partial charge in [0.1, 0.15) is 12.1 Å². The molecule has 1 rings (SSSR count). The highest BCUT2D eigenvalue weighted by molar-refractivity contribution is 5.92. The highest BCUT2D eigenvalue weighted by Gasteiger charge is 2.39. The summed E-state index contributed by atoms with van der Waals surface area (Å²) in [5.41, 5.74) is 5.81. The summed E-state index contributed by atoms with van der Waals surface area (Å²) in [6.07, 6.45) is 1.11. The number of hydrogen-bond acceptors (Lipinski definition) is 4. The molecule has 0 aliphatic carbocycles. The topological polar surface area (TPSA) is 113 Å². The highest BCUT2D eigenvalue weighted by atomic mass is 16.4. The number of likely N-dealkylation sites (tertiary alicyclic amines) is 1. The summed E-state index contributed by atoms with van der Waals surface area (Å²) in [6, 6.07) is -2.25. The summed E-state index contributed by atoms with van der Waals surface area (Å²) in [7, 11) is 0. The van der Waals surface area contributed by atoms with Gasteiger partial charge in [0.2, 0.25) is 11.8 Å². The maximum absolute atomic E-state index is 12.6. The van der Waals surface area contributed by atoms with E-state index in [1.54, 1.807) is 0 Å². The highest BCUT2D eigenvalue weighted by Crippen LogP contribution is 2.20. The molecule has 4 N–H and O–H groups in total. The number of carbonyl (C=O) groups excluding carboxylic acids is 2. The Bertz CT molecular complexity index is 437. The van der Waals surface area contributed by atoms with Gasteiger partial charge in [0.15, 0.2) is 0 Å². The van der Waals surface area contributed by atoms with Crippen LogP contribution in [0.15, 0.2) is 0 Å². The number of carboxylic acids is 1. The largest absolute Gasteiger partial charge is 0.480 e. The Hall–Kier alpha value is -1.63. The number of carbonyl (C=O) groups is 3. The maximum atomic E-state index is 12.6. The first-order chi connectivity index (χ1) is 10.2. The number of nitrogens with zero attached hydrogens (tertiary/aromatic N) is 1. The number of rotatable bonds is 6. The molecule has 0 aromatic rings. The Balaban J connectivity index is 2.84. The number of nitrogens with two attached hydrogens (primary N) is 1.